The molecule has 1 atom stereocenters. The number of aryl methyl sites for hydroxylation is 1. The van der Waals surface area contributed by atoms with Crippen molar-refractivity contribution in [3.05, 3.63) is 52.7 Å². The number of carbonyl (C=O) groups excluding carboxylic acids is 2. The molecule has 0 saturated carbocycles. The predicted octanol–water partition coefficient (Wildman–Crippen LogP) is 4.00. The molecular weight excluding hydrogens is 342 g/mol. The maximum atomic E-state index is 13.1. The molecule has 1 amide bonds. The average molecular weight is 365 g/mol. The van der Waals surface area contributed by atoms with Gasteiger partial charge in [-0.15, -0.1) is 0 Å². The summed E-state index contributed by atoms with van der Waals surface area (Å²) in [5.41, 5.74) is 4.22. The number of carbonyl (C=O) groups is 2. The van der Waals surface area contributed by atoms with E-state index in [1.54, 1.807) is 0 Å². The highest BCUT2D eigenvalue weighted by Gasteiger charge is 2.31. The molecule has 6 heteroatoms. The highest BCUT2D eigenvalue weighted by Crippen LogP contribution is 2.30. The van der Waals surface area contributed by atoms with E-state index < -0.39 is 0 Å². The molecule has 1 aliphatic rings. The molecule has 27 heavy (non-hydrogen) atoms. The van der Waals surface area contributed by atoms with Crippen LogP contribution in [0.2, 0.25) is 0 Å². The fraction of sp³-hybridized carbons (Fsp3) is 0.381. The van der Waals surface area contributed by atoms with Crippen LogP contribution in [0.1, 0.15) is 63.7 Å². The van der Waals surface area contributed by atoms with Gasteiger partial charge in [0.25, 0.3) is 5.91 Å². The van der Waals surface area contributed by atoms with Crippen molar-refractivity contribution in [2.45, 2.75) is 39.5 Å². The summed E-state index contributed by atoms with van der Waals surface area (Å²) in [7, 11) is 0. The Labute approximate surface area is 157 Å². The summed E-state index contributed by atoms with van der Waals surface area (Å²) in [5, 5.41) is 0. The van der Waals surface area contributed by atoms with Crippen molar-refractivity contribution in [3.63, 3.8) is 0 Å². The van der Waals surface area contributed by atoms with E-state index in [-0.39, 0.29) is 17.6 Å². The minimum absolute atomic E-state index is 0.0247. The standard InChI is InChI=1S/C21H23N3O3/c1-12-18(14(3)25)13(2)22-19(12)21(26)24-10-6-7-15(11-24)20-23-16-8-4-5-9-17(16)27-20/h4-5,8-9,15,22H,6-7,10-11H2,1-3H3. The third-order valence-electron chi connectivity index (χ3n) is 5.37. The van der Waals surface area contributed by atoms with E-state index in [0.29, 0.717) is 30.2 Å². The molecule has 1 fully saturated rings. The molecule has 0 spiro atoms. The van der Waals surface area contributed by atoms with Crippen LogP contribution >= 0.6 is 0 Å². The number of amides is 1. The van der Waals surface area contributed by atoms with Crippen LogP contribution in [0.4, 0.5) is 0 Å². The summed E-state index contributed by atoms with van der Waals surface area (Å²) in [6.45, 7) is 6.45. The fourth-order valence-electron chi connectivity index (χ4n) is 4.08. The van der Waals surface area contributed by atoms with E-state index >= 15 is 0 Å². The molecule has 0 bridgehead atoms. The van der Waals surface area contributed by atoms with Gasteiger partial charge in [-0.3, -0.25) is 9.59 Å². The van der Waals surface area contributed by atoms with Gasteiger partial charge in [-0.05, 0) is 51.3 Å². The number of aromatic amines is 1. The number of aromatic nitrogens is 2. The molecular formula is C21H23N3O3. The lowest BCUT2D eigenvalue weighted by Crippen LogP contribution is -2.39. The molecule has 3 aromatic rings. The van der Waals surface area contributed by atoms with Crippen molar-refractivity contribution in [1.82, 2.24) is 14.9 Å². The van der Waals surface area contributed by atoms with Gasteiger partial charge in [-0.2, -0.15) is 0 Å². The predicted molar refractivity (Wildman–Crippen MR) is 102 cm³/mol. The fourth-order valence-corrected chi connectivity index (χ4v) is 4.08. The molecule has 1 aromatic carbocycles. The number of benzene rings is 1. The molecule has 0 radical (unpaired) electrons. The van der Waals surface area contributed by atoms with E-state index in [1.807, 2.05) is 43.0 Å². The van der Waals surface area contributed by atoms with Gasteiger partial charge in [-0.1, -0.05) is 12.1 Å². The number of nitrogens with zero attached hydrogens (tertiary/aromatic N) is 2. The first-order valence-electron chi connectivity index (χ1n) is 9.30. The van der Waals surface area contributed by atoms with Crippen LogP contribution in [-0.2, 0) is 0 Å². The number of fused-ring (bicyclic) bond motifs is 1. The number of rotatable bonds is 3. The topological polar surface area (TPSA) is 79.2 Å². The van der Waals surface area contributed by atoms with E-state index in [1.165, 1.54) is 6.92 Å². The normalized spacial score (nSPS) is 17.4. The summed E-state index contributed by atoms with van der Waals surface area (Å²) >= 11 is 0. The molecule has 3 heterocycles. The SMILES string of the molecule is CC(=O)c1c(C)[nH]c(C(=O)N2CCCC(c3nc4ccccc4o3)C2)c1C. The van der Waals surface area contributed by atoms with Crippen LogP contribution in [0.3, 0.4) is 0 Å². The largest absolute Gasteiger partial charge is 0.440 e. The zero-order chi connectivity index (χ0) is 19.1. The van der Waals surface area contributed by atoms with Crippen LogP contribution in [0.25, 0.3) is 11.1 Å². The van der Waals surface area contributed by atoms with Gasteiger partial charge in [0.15, 0.2) is 17.3 Å². The Hall–Kier alpha value is -2.89. The summed E-state index contributed by atoms with van der Waals surface area (Å²) < 4.78 is 5.92. The minimum Gasteiger partial charge on any atom is -0.440 e. The van der Waals surface area contributed by atoms with Gasteiger partial charge in [0.2, 0.25) is 0 Å². The first kappa shape index (κ1) is 17.5. The third-order valence-corrected chi connectivity index (χ3v) is 5.37. The lowest BCUT2D eigenvalue weighted by Gasteiger charge is -2.31. The van der Waals surface area contributed by atoms with Crippen molar-refractivity contribution in [2.75, 3.05) is 13.1 Å². The van der Waals surface area contributed by atoms with E-state index in [4.69, 9.17) is 4.42 Å². The Bertz CT molecular complexity index is 998. The van der Waals surface area contributed by atoms with Crippen molar-refractivity contribution in [1.29, 1.82) is 0 Å². The molecule has 1 N–H and O–H groups in total. The number of Topliss-reactive ketones (excluding diaryl/α,β-unsaturated/α-hetero) is 1. The molecule has 1 saturated heterocycles. The lowest BCUT2D eigenvalue weighted by atomic mass is 9.97. The molecule has 4 rings (SSSR count). The maximum absolute atomic E-state index is 13.1. The summed E-state index contributed by atoms with van der Waals surface area (Å²) in [6.07, 6.45) is 1.84. The van der Waals surface area contributed by atoms with Crippen molar-refractivity contribution < 1.29 is 14.0 Å². The number of ketones is 1. The molecule has 1 unspecified atom stereocenters. The summed E-state index contributed by atoms with van der Waals surface area (Å²) in [6, 6.07) is 7.71. The second-order valence-electron chi connectivity index (χ2n) is 7.29. The second-order valence-corrected chi connectivity index (χ2v) is 7.29. The maximum Gasteiger partial charge on any atom is 0.270 e. The van der Waals surface area contributed by atoms with Crippen LogP contribution in [0.5, 0.6) is 0 Å². The third kappa shape index (κ3) is 3.05. The summed E-state index contributed by atoms with van der Waals surface area (Å²) in [5.74, 6) is 0.684. The number of piperidine rings is 1. The van der Waals surface area contributed by atoms with Crippen molar-refractivity contribution in [3.8, 4) is 0 Å². The van der Waals surface area contributed by atoms with Crippen LogP contribution in [0.15, 0.2) is 28.7 Å². The van der Waals surface area contributed by atoms with Gasteiger partial charge in [0, 0.05) is 24.3 Å². The van der Waals surface area contributed by atoms with E-state index in [0.717, 1.165) is 35.2 Å². The van der Waals surface area contributed by atoms with Crippen molar-refractivity contribution >= 4 is 22.8 Å². The van der Waals surface area contributed by atoms with E-state index in [9.17, 15) is 9.59 Å². The Morgan fingerprint density at radius 1 is 1.26 bits per heavy atom. The highest BCUT2D eigenvalue weighted by molar-refractivity contribution is 6.02. The van der Waals surface area contributed by atoms with Gasteiger partial charge in [-0.25, -0.2) is 4.98 Å². The first-order valence-corrected chi connectivity index (χ1v) is 9.30. The Balaban J connectivity index is 1.58. The smallest absolute Gasteiger partial charge is 0.270 e. The Morgan fingerprint density at radius 3 is 2.74 bits per heavy atom. The second kappa shape index (κ2) is 6.68. The molecule has 140 valence electrons. The quantitative estimate of drug-likeness (QED) is 0.712. The van der Waals surface area contributed by atoms with Crippen LogP contribution in [-0.4, -0.2) is 39.6 Å². The molecule has 6 nitrogen and oxygen atoms in total. The monoisotopic (exact) mass is 365 g/mol. The van der Waals surface area contributed by atoms with Gasteiger partial charge in [0.05, 0.1) is 5.92 Å². The molecule has 0 aliphatic carbocycles. The number of hydrogen-bond donors (Lipinski definition) is 1. The van der Waals surface area contributed by atoms with Crippen LogP contribution in [0, 0.1) is 13.8 Å². The zero-order valence-electron chi connectivity index (χ0n) is 15.8. The molecule has 1 aliphatic heterocycles. The average Bonchev–Trinajstić information content (AvgIpc) is 3.22. The summed E-state index contributed by atoms with van der Waals surface area (Å²) in [4.78, 5) is 34.5. The zero-order valence-corrected chi connectivity index (χ0v) is 15.8. The Kier molecular flexibility index (Phi) is 4.34. The molecule has 2 aromatic heterocycles. The highest BCUT2D eigenvalue weighted by atomic mass is 16.3. The number of nitrogens with one attached hydrogen (secondary N) is 1. The number of H-pyrrole nitrogens is 1. The lowest BCUT2D eigenvalue weighted by molar-refractivity contribution is 0.0692. The number of hydrogen-bond acceptors (Lipinski definition) is 4. The van der Waals surface area contributed by atoms with Crippen molar-refractivity contribution in [2.24, 2.45) is 0 Å². The Morgan fingerprint density at radius 2 is 2.04 bits per heavy atom. The van der Waals surface area contributed by atoms with E-state index in [2.05, 4.69) is 9.97 Å². The van der Waals surface area contributed by atoms with Gasteiger partial charge >= 0.3 is 0 Å². The minimum atomic E-state index is -0.0658. The first-order chi connectivity index (χ1) is 13.0. The van der Waals surface area contributed by atoms with Crippen LogP contribution < -0.4 is 0 Å². The van der Waals surface area contributed by atoms with Gasteiger partial charge < -0.3 is 14.3 Å². The number of para-hydroxylation sites is 2. The number of oxazole rings is 1. The van der Waals surface area contributed by atoms with Gasteiger partial charge in [0.1, 0.15) is 11.2 Å². The number of likely N-dealkylation sites (tertiary alicyclic amines) is 1.